The smallest absolute Gasteiger partial charge is 0.330 e. The minimum absolute atomic E-state index is 0.179. The van der Waals surface area contributed by atoms with Crippen LogP contribution >= 0.6 is 0 Å². The number of carbonyl (C=O) groups excluding carboxylic acids is 3. The highest BCUT2D eigenvalue weighted by Crippen LogP contribution is 2.07. The summed E-state index contributed by atoms with van der Waals surface area (Å²) in [5.74, 6) is -1.77. The van der Waals surface area contributed by atoms with Crippen molar-refractivity contribution in [2.75, 3.05) is 13.2 Å². The molecule has 0 saturated carbocycles. The minimum Gasteiger partial charge on any atom is -0.460 e. The van der Waals surface area contributed by atoms with E-state index in [1.165, 1.54) is 0 Å². The normalized spacial score (nSPS) is 9.95. The number of rotatable bonds is 8. The molecular weight excluding hydrogens is 250 g/mol. The highest BCUT2D eigenvalue weighted by Gasteiger charge is 2.29. The Balaban J connectivity index is 4.68. The highest BCUT2D eigenvalue weighted by atomic mass is 16.5. The molecular formula is C13H17NO5. The maximum absolute atomic E-state index is 11.3. The average Bonchev–Trinajstić information content (AvgIpc) is 2.42. The molecule has 0 aromatic heterocycles. The van der Waals surface area contributed by atoms with Crippen molar-refractivity contribution in [2.24, 2.45) is 0 Å². The maximum Gasteiger partial charge on any atom is 0.330 e. The van der Waals surface area contributed by atoms with Crippen LogP contribution in [0, 0.1) is 0 Å². The molecule has 0 saturated heterocycles. The Morgan fingerprint density at radius 2 is 1.42 bits per heavy atom. The standard InChI is InChI=1S/C13H17NO5/c1-5-10(15)14-13(4,8-18-11(16)6-2)9-19-12(17)7-3/h5-7H,1-3,8-9H2,4H3,(H,14,15). The summed E-state index contributed by atoms with van der Waals surface area (Å²) in [5, 5.41) is 2.52. The van der Waals surface area contributed by atoms with Crippen LogP contribution in [0.3, 0.4) is 0 Å². The average molecular weight is 267 g/mol. The van der Waals surface area contributed by atoms with Crippen LogP contribution in [0.1, 0.15) is 6.92 Å². The van der Waals surface area contributed by atoms with E-state index in [1.807, 2.05) is 0 Å². The Morgan fingerprint density at radius 1 is 1.00 bits per heavy atom. The lowest BCUT2D eigenvalue weighted by Crippen LogP contribution is -2.53. The molecule has 6 nitrogen and oxygen atoms in total. The van der Waals surface area contributed by atoms with E-state index in [4.69, 9.17) is 9.47 Å². The summed E-state index contributed by atoms with van der Waals surface area (Å²) >= 11 is 0. The van der Waals surface area contributed by atoms with Gasteiger partial charge in [0.1, 0.15) is 18.8 Å². The van der Waals surface area contributed by atoms with E-state index in [2.05, 4.69) is 25.1 Å². The van der Waals surface area contributed by atoms with Gasteiger partial charge in [-0.2, -0.15) is 0 Å². The van der Waals surface area contributed by atoms with Crippen LogP contribution < -0.4 is 5.32 Å². The van der Waals surface area contributed by atoms with Crippen LogP contribution in [-0.4, -0.2) is 36.6 Å². The van der Waals surface area contributed by atoms with Gasteiger partial charge in [-0.25, -0.2) is 9.59 Å². The summed E-state index contributed by atoms with van der Waals surface area (Å²) in [4.78, 5) is 33.3. The Bertz CT molecular complexity index is 376. The quantitative estimate of drug-likeness (QED) is 0.511. The minimum atomic E-state index is -1.07. The molecule has 0 atom stereocenters. The van der Waals surface area contributed by atoms with E-state index < -0.39 is 23.4 Å². The summed E-state index contributed by atoms with van der Waals surface area (Å²) in [7, 11) is 0. The zero-order chi connectivity index (χ0) is 14.9. The van der Waals surface area contributed by atoms with Crippen LogP contribution in [0.25, 0.3) is 0 Å². The molecule has 104 valence electrons. The molecule has 0 aromatic carbocycles. The number of hydrogen-bond donors (Lipinski definition) is 1. The zero-order valence-electron chi connectivity index (χ0n) is 10.8. The van der Waals surface area contributed by atoms with Crippen molar-refractivity contribution < 1.29 is 23.9 Å². The second-order valence-corrected chi connectivity index (χ2v) is 3.88. The van der Waals surface area contributed by atoms with Gasteiger partial charge in [0.2, 0.25) is 5.91 Å². The molecule has 1 amide bonds. The summed E-state index contributed by atoms with van der Waals surface area (Å²) in [6.07, 6.45) is 3.04. The fourth-order valence-electron chi connectivity index (χ4n) is 1.04. The molecule has 0 spiro atoms. The summed E-state index contributed by atoms with van der Waals surface area (Å²) in [6, 6.07) is 0. The van der Waals surface area contributed by atoms with Crippen LogP contribution in [-0.2, 0) is 23.9 Å². The molecule has 0 bridgehead atoms. The molecule has 1 N–H and O–H groups in total. The molecule has 0 radical (unpaired) electrons. The van der Waals surface area contributed by atoms with Crippen molar-refractivity contribution in [2.45, 2.75) is 12.5 Å². The van der Waals surface area contributed by atoms with Crippen molar-refractivity contribution >= 4 is 17.8 Å². The van der Waals surface area contributed by atoms with Crippen molar-refractivity contribution in [3.05, 3.63) is 38.0 Å². The third kappa shape index (κ3) is 6.82. The maximum atomic E-state index is 11.3. The Labute approximate surface area is 111 Å². The van der Waals surface area contributed by atoms with E-state index in [0.29, 0.717) is 0 Å². The Hall–Kier alpha value is -2.37. The first-order valence-corrected chi connectivity index (χ1v) is 5.40. The lowest BCUT2D eigenvalue weighted by Gasteiger charge is -2.28. The fraction of sp³-hybridized carbons (Fsp3) is 0.308. The zero-order valence-corrected chi connectivity index (χ0v) is 10.8. The molecule has 0 unspecified atom stereocenters. The van der Waals surface area contributed by atoms with Gasteiger partial charge in [0.15, 0.2) is 0 Å². The van der Waals surface area contributed by atoms with E-state index in [1.54, 1.807) is 6.92 Å². The topological polar surface area (TPSA) is 81.7 Å². The van der Waals surface area contributed by atoms with Crippen LogP contribution in [0.4, 0.5) is 0 Å². The van der Waals surface area contributed by atoms with E-state index >= 15 is 0 Å². The van der Waals surface area contributed by atoms with E-state index in [-0.39, 0.29) is 13.2 Å². The lowest BCUT2D eigenvalue weighted by molar-refractivity contribution is -0.146. The second kappa shape index (κ2) is 7.86. The van der Waals surface area contributed by atoms with Gasteiger partial charge >= 0.3 is 11.9 Å². The van der Waals surface area contributed by atoms with Crippen molar-refractivity contribution in [3.63, 3.8) is 0 Å². The lowest BCUT2D eigenvalue weighted by atomic mass is 10.1. The number of carbonyl (C=O) groups is 3. The largest absolute Gasteiger partial charge is 0.460 e. The predicted molar refractivity (Wildman–Crippen MR) is 69.1 cm³/mol. The first-order valence-electron chi connectivity index (χ1n) is 5.40. The van der Waals surface area contributed by atoms with Gasteiger partial charge in [0.25, 0.3) is 0 Å². The monoisotopic (exact) mass is 267 g/mol. The molecule has 0 aromatic rings. The molecule has 0 rings (SSSR count). The summed E-state index contributed by atoms with van der Waals surface area (Å²) < 4.78 is 9.69. The molecule has 0 aliphatic heterocycles. The third-order valence-corrected chi connectivity index (χ3v) is 2.01. The Morgan fingerprint density at radius 3 is 1.74 bits per heavy atom. The number of amides is 1. The van der Waals surface area contributed by atoms with Crippen LogP contribution in [0.15, 0.2) is 38.0 Å². The molecule has 6 heteroatoms. The summed E-state index contributed by atoms with van der Waals surface area (Å²) in [5.41, 5.74) is -1.07. The van der Waals surface area contributed by atoms with Gasteiger partial charge in [-0.05, 0) is 13.0 Å². The first kappa shape index (κ1) is 16.6. The molecule has 0 fully saturated rings. The van der Waals surface area contributed by atoms with Gasteiger partial charge < -0.3 is 14.8 Å². The van der Waals surface area contributed by atoms with Crippen LogP contribution in [0.2, 0.25) is 0 Å². The Kier molecular flexibility index (Phi) is 6.88. The van der Waals surface area contributed by atoms with Crippen LogP contribution in [0.5, 0.6) is 0 Å². The number of nitrogens with one attached hydrogen (secondary N) is 1. The number of hydrogen-bond acceptors (Lipinski definition) is 5. The number of esters is 2. The van der Waals surface area contributed by atoms with Crippen molar-refractivity contribution in [1.82, 2.24) is 5.32 Å². The second-order valence-electron chi connectivity index (χ2n) is 3.88. The van der Waals surface area contributed by atoms with Crippen molar-refractivity contribution in [1.29, 1.82) is 0 Å². The van der Waals surface area contributed by atoms with Gasteiger partial charge in [-0.1, -0.05) is 19.7 Å². The van der Waals surface area contributed by atoms with E-state index in [0.717, 1.165) is 18.2 Å². The molecule has 0 heterocycles. The SMILES string of the molecule is C=CC(=O)NC(C)(COC(=O)C=C)COC(=O)C=C. The third-order valence-electron chi connectivity index (χ3n) is 2.01. The molecule has 19 heavy (non-hydrogen) atoms. The summed E-state index contributed by atoms with van der Waals surface area (Å²) in [6.45, 7) is 11.0. The van der Waals surface area contributed by atoms with Gasteiger partial charge in [0, 0.05) is 12.2 Å². The van der Waals surface area contributed by atoms with Crippen molar-refractivity contribution in [3.8, 4) is 0 Å². The van der Waals surface area contributed by atoms with Gasteiger partial charge in [0.05, 0.1) is 0 Å². The molecule has 0 aliphatic rings. The fourth-order valence-corrected chi connectivity index (χ4v) is 1.04. The first-order chi connectivity index (χ1) is 8.86. The molecule has 0 aliphatic carbocycles. The highest BCUT2D eigenvalue weighted by molar-refractivity contribution is 5.87. The predicted octanol–water partition coefficient (Wildman–Crippen LogP) is 0.506. The van der Waals surface area contributed by atoms with Gasteiger partial charge in [-0.15, -0.1) is 0 Å². The van der Waals surface area contributed by atoms with E-state index in [9.17, 15) is 14.4 Å². The number of ether oxygens (including phenoxy) is 2. The van der Waals surface area contributed by atoms with Gasteiger partial charge in [-0.3, -0.25) is 4.79 Å².